The number of aromatic nitrogens is 2. The molecule has 0 saturated carbocycles. The Bertz CT molecular complexity index is 963. The molecule has 0 unspecified atom stereocenters. The van der Waals surface area contributed by atoms with Crippen LogP contribution in [0.3, 0.4) is 0 Å². The van der Waals surface area contributed by atoms with Crippen molar-refractivity contribution >= 4 is 23.6 Å². The lowest BCUT2D eigenvalue weighted by Crippen LogP contribution is -2.29. The van der Waals surface area contributed by atoms with Crippen molar-refractivity contribution in [3.63, 3.8) is 0 Å². The van der Waals surface area contributed by atoms with Gasteiger partial charge in [-0.2, -0.15) is 0 Å². The number of imidazole rings is 1. The minimum atomic E-state index is -0.739. The van der Waals surface area contributed by atoms with Gasteiger partial charge in [-0.1, -0.05) is 29.8 Å². The van der Waals surface area contributed by atoms with E-state index in [0.717, 1.165) is 29.8 Å². The van der Waals surface area contributed by atoms with E-state index in [2.05, 4.69) is 10.3 Å². The second kappa shape index (κ2) is 8.14. The predicted octanol–water partition coefficient (Wildman–Crippen LogP) is 4.27. The van der Waals surface area contributed by atoms with E-state index < -0.39 is 23.6 Å². The van der Waals surface area contributed by atoms with Crippen molar-refractivity contribution in [1.29, 1.82) is 0 Å². The van der Waals surface area contributed by atoms with Gasteiger partial charge >= 0.3 is 0 Å². The molecule has 0 spiro atoms. The van der Waals surface area contributed by atoms with Crippen LogP contribution in [0.25, 0.3) is 6.08 Å². The molecular weight excluding hydrogens is 372 g/mol. The molecule has 0 saturated heterocycles. The van der Waals surface area contributed by atoms with Gasteiger partial charge in [-0.15, -0.1) is 0 Å². The maximum atomic E-state index is 13.7. The van der Waals surface area contributed by atoms with Gasteiger partial charge in [0, 0.05) is 36.1 Å². The molecule has 0 aliphatic heterocycles. The summed E-state index contributed by atoms with van der Waals surface area (Å²) in [6.07, 6.45) is 5.58. The largest absolute Gasteiger partial charge is 0.339 e. The highest BCUT2D eigenvalue weighted by atomic mass is 35.5. The van der Waals surface area contributed by atoms with E-state index in [0.29, 0.717) is 10.8 Å². The predicted molar refractivity (Wildman–Crippen MR) is 100 cm³/mol. The average Bonchev–Trinajstić information content (AvgIpc) is 3.06. The zero-order valence-corrected chi connectivity index (χ0v) is 15.1. The third kappa shape index (κ3) is 4.41. The molecule has 0 aliphatic rings. The van der Waals surface area contributed by atoms with E-state index in [-0.39, 0.29) is 5.56 Å². The van der Waals surface area contributed by atoms with Gasteiger partial charge in [0.05, 0.1) is 0 Å². The van der Waals surface area contributed by atoms with E-state index in [1.807, 2.05) is 7.05 Å². The lowest BCUT2D eigenvalue weighted by atomic mass is 10.1. The Morgan fingerprint density at radius 1 is 1.19 bits per heavy atom. The van der Waals surface area contributed by atoms with Crippen LogP contribution in [0.15, 0.2) is 60.9 Å². The molecule has 7 heteroatoms. The number of benzene rings is 2. The molecule has 138 valence electrons. The van der Waals surface area contributed by atoms with Crippen molar-refractivity contribution in [2.75, 3.05) is 0 Å². The number of hydrogen-bond acceptors (Lipinski definition) is 2. The summed E-state index contributed by atoms with van der Waals surface area (Å²) in [5.74, 6) is -1.38. The summed E-state index contributed by atoms with van der Waals surface area (Å²) in [6.45, 7) is 0. The third-order valence-corrected chi connectivity index (χ3v) is 4.26. The van der Waals surface area contributed by atoms with Crippen LogP contribution in [0.2, 0.25) is 5.02 Å². The van der Waals surface area contributed by atoms with Gasteiger partial charge in [0.1, 0.15) is 23.5 Å². The zero-order valence-electron chi connectivity index (χ0n) is 14.4. The molecule has 1 heterocycles. The van der Waals surface area contributed by atoms with Crippen LogP contribution < -0.4 is 5.32 Å². The number of nitrogens with one attached hydrogen (secondary N) is 1. The number of rotatable bonds is 5. The normalized spacial score (nSPS) is 12.3. The van der Waals surface area contributed by atoms with Crippen molar-refractivity contribution in [2.45, 2.75) is 6.04 Å². The highest BCUT2D eigenvalue weighted by Crippen LogP contribution is 2.22. The molecule has 4 nitrogen and oxygen atoms in total. The van der Waals surface area contributed by atoms with Crippen molar-refractivity contribution in [3.8, 4) is 0 Å². The second-order valence-corrected chi connectivity index (χ2v) is 6.29. The first-order valence-electron chi connectivity index (χ1n) is 8.11. The first-order valence-corrected chi connectivity index (χ1v) is 8.49. The van der Waals surface area contributed by atoms with Gasteiger partial charge < -0.3 is 9.88 Å². The van der Waals surface area contributed by atoms with Gasteiger partial charge in [-0.05, 0) is 35.9 Å². The monoisotopic (exact) mass is 387 g/mol. The number of nitrogens with zero attached hydrogens (tertiary/aromatic N) is 2. The minimum Gasteiger partial charge on any atom is -0.339 e. The number of carbonyl (C=O) groups is 1. The second-order valence-electron chi connectivity index (χ2n) is 5.86. The van der Waals surface area contributed by atoms with Crippen LogP contribution in [-0.2, 0) is 11.8 Å². The van der Waals surface area contributed by atoms with Crippen LogP contribution in [0.5, 0.6) is 0 Å². The molecule has 0 bridgehead atoms. The number of aryl methyl sites for hydroxylation is 1. The summed E-state index contributed by atoms with van der Waals surface area (Å²) < 4.78 is 29.2. The van der Waals surface area contributed by atoms with Gasteiger partial charge in [-0.3, -0.25) is 4.79 Å². The van der Waals surface area contributed by atoms with Gasteiger partial charge in [0.2, 0.25) is 5.91 Å². The Labute approximate surface area is 160 Å². The number of amides is 1. The van der Waals surface area contributed by atoms with Crippen LogP contribution in [0, 0.1) is 11.6 Å². The summed E-state index contributed by atoms with van der Waals surface area (Å²) in [5, 5.41) is 3.38. The molecule has 3 aromatic rings. The molecule has 27 heavy (non-hydrogen) atoms. The van der Waals surface area contributed by atoms with E-state index >= 15 is 0 Å². The summed E-state index contributed by atoms with van der Waals surface area (Å²) in [7, 11) is 1.81. The lowest BCUT2D eigenvalue weighted by molar-refractivity contribution is -0.117. The SMILES string of the molecule is Cn1ccnc1[C@@H](NC(=O)/C=C/c1c(F)cccc1F)c1ccc(Cl)cc1. The van der Waals surface area contributed by atoms with Crippen molar-refractivity contribution in [3.05, 3.63) is 94.5 Å². The Hall–Kier alpha value is -2.99. The van der Waals surface area contributed by atoms with E-state index in [9.17, 15) is 13.6 Å². The maximum absolute atomic E-state index is 13.7. The fourth-order valence-electron chi connectivity index (χ4n) is 2.63. The van der Waals surface area contributed by atoms with E-state index in [4.69, 9.17) is 11.6 Å². The third-order valence-electron chi connectivity index (χ3n) is 4.01. The van der Waals surface area contributed by atoms with Crippen molar-refractivity contribution in [2.24, 2.45) is 7.05 Å². The summed E-state index contributed by atoms with van der Waals surface area (Å²) >= 11 is 5.94. The molecular formula is C20H16ClF2N3O. The fourth-order valence-corrected chi connectivity index (χ4v) is 2.75. The molecule has 1 amide bonds. The molecule has 1 atom stereocenters. The maximum Gasteiger partial charge on any atom is 0.244 e. The van der Waals surface area contributed by atoms with Crippen LogP contribution in [-0.4, -0.2) is 15.5 Å². The van der Waals surface area contributed by atoms with Crippen LogP contribution in [0.1, 0.15) is 23.0 Å². The summed E-state index contributed by atoms with van der Waals surface area (Å²) in [5.41, 5.74) is 0.500. The first-order chi connectivity index (χ1) is 13.0. The van der Waals surface area contributed by atoms with Crippen molar-refractivity contribution < 1.29 is 13.6 Å². The zero-order chi connectivity index (χ0) is 19.4. The smallest absolute Gasteiger partial charge is 0.244 e. The van der Waals surface area contributed by atoms with E-state index in [1.54, 1.807) is 41.2 Å². The molecule has 2 aromatic carbocycles. The van der Waals surface area contributed by atoms with Crippen molar-refractivity contribution in [1.82, 2.24) is 14.9 Å². The Balaban J connectivity index is 1.86. The Morgan fingerprint density at radius 3 is 2.44 bits per heavy atom. The standard InChI is InChI=1S/C20H16ClF2N3O/c1-26-12-11-24-20(26)19(13-5-7-14(21)8-6-13)25-18(27)10-9-15-16(22)3-2-4-17(15)23/h2-12,19H,1H3,(H,25,27)/b10-9+/t19-/m0/s1. The number of carbonyl (C=O) groups excluding carboxylic acids is 1. The Kier molecular flexibility index (Phi) is 5.66. The van der Waals surface area contributed by atoms with Gasteiger partial charge in [-0.25, -0.2) is 13.8 Å². The highest BCUT2D eigenvalue weighted by molar-refractivity contribution is 6.30. The van der Waals surface area contributed by atoms with Gasteiger partial charge in [0.25, 0.3) is 0 Å². The average molecular weight is 388 g/mol. The van der Waals surface area contributed by atoms with Gasteiger partial charge in [0.15, 0.2) is 0 Å². The summed E-state index contributed by atoms with van der Waals surface area (Å²) in [6, 6.07) is 9.96. The molecule has 0 radical (unpaired) electrons. The molecule has 3 rings (SSSR count). The number of hydrogen-bond donors (Lipinski definition) is 1. The molecule has 1 N–H and O–H groups in total. The number of halogens is 3. The Morgan fingerprint density at radius 2 is 1.85 bits per heavy atom. The van der Waals surface area contributed by atoms with E-state index in [1.165, 1.54) is 6.07 Å². The van der Waals surface area contributed by atoms with Crippen LogP contribution >= 0.6 is 11.6 Å². The summed E-state index contributed by atoms with van der Waals surface area (Å²) in [4.78, 5) is 16.7. The minimum absolute atomic E-state index is 0.271. The fraction of sp³-hybridized carbons (Fsp3) is 0.100. The van der Waals surface area contributed by atoms with Crippen LogP contribution in [0.4, 0.5) is 8.78 Å². The molecule has 1 aromatic heterocycles. The quantitative estimate of drug-likeness (QED) is 0.664. The first kappa shape index (κ1) is 18.8. The lowest BCUT2D eigenvalue weighted by Gasteiger charge is -2.18. The topological polar surface area (TPSA) is 46.9 Å². The molecule has 0 aliphatic carbocycles. The highest BCUT2D eigenvalue weighted by Gasteiger charge is 2.20. The molecule has 0 fully saturated rings.